The minimum absolute atomic E-state index is 0.199. The maximum Gasteiger partial charge on any atom is 0.137 e. The average molecular weight is 352 g/mol. The molecule has 0 saturated carbocycles. The number of hydrogen-bond donors (Lipinski definition) is 1. The first-order valence-corrected chi connectivity index (χ1v) is 7.75. The molecular weight excluding hydrogens is 333 g/mol. The van der Waals surface area contributed by atoms with Crippen molar-refractivity contribution in [2.45, 2.75) is 25.9 Å². The molecule has 2 aromatic rings. The normalized spacial score (nSPS) is 12.2. The Bertz CT molecular complexity index is 603. The Morgan fingerprint density at radius 3 is 2.67 bits per heavy atom. The first-order chi connectivity index (χ1) is 10.2. The van der Waals surface area contributed by atoms with E-state index in [1.807, 2.05) is 18.2 Å². The molecule has 2 aromatic carbocycles. The number of halogens is 2. The van der Waals surface area contributed by atoms with Crippen molar-refractivity contribution in [1.29, 1.82) is 0 Å². The maximum absolute atomic E-state index is 13.2. The van der Waals surface area contributed by atoms with E-state index in [1.54, 1.807) is 19.2 Å². The highest BCUT2D eigenvalue weighted by Crippen LogP contribution is 2.27. The molecule has 0 saturated heterocycles. The van der Waals surface area contributed by atoms with Crippen LogP contribution in [0, 0.1) is 5.82 Å². The Morgan fingerprint density at radius 2 is 2.00 bits per heavy atom. The molecule has 21 heavy (non-hydrogen) atoms. The Labute approximate surface area is 133 Å². The van der Waals surface area contributed by atoms with Crippen LogP contribution in [0.1, 0.15) is 30.5 Å². The van der Waals surface area contributed by atoms with Gasteiger partial charge < -0.3 is 10.1 Å². The van der Waals surface area contributed by atoms with E-state index in [-0.39, 0.29) is 11.9 Å². The SMILES string of the molecule is CCC(NCc1ccc(F)c(Br)c1)c1ccccc1OC. The van der Waals surface area contributed by atoms with Crippen molar-refractivity contribution in [2.24, 2.45) is 0 Å². The Hall–Kier alpha value is -1.39. The predicted octanol–water partition coefficient (Wildman–Crippen LogP) is 4.84. The van der Waals surface area contributed by atoms with Gasteiger partial charge in [-0.1, -0.05) is 31.2 Å². The lowest BCUT2D eigenvalue weighted by Gasteiger charge is -2.20. The summed E-state index contributed by atoms with van der Waals surface area (Å²) in [5.41, 5.74) is 2.18. The van der Waals surface area contributed by atoms with Crippen molar-refractivity contribution in [1.82, 2.24) is 5.32 Å². The molecule has 1 atom stereocenters. The number of benzene rings is 2. The van der Waals surface area contributed by atoms with Gasteiger partial charge in [-0.05, 0) is 46.1 Å². The lowest BCUT2D eigenvalue weighted by molar-refractivity contribution is 0.396. The molecule has 0 fully saturated rings. The molecule has 112 valence electrons. The van der Waals surface area contributed by atoms with Gasteiger partial charge in [-0.2, -0.15) is 0 Å². The molecule has 0 amide bonds. The van der Waals surface area contributed by atoms with Crippen LogP contribution in [0.25, 0.3) is 0 Å². The standard InChI is InChI=1S/C17H19BrFNO/c1-3-16(13-6-4-5-7-17(13)21-2)20-11-12-8-9-15(19)14(18)10-12/h4-10,16,20H,3,11H2,1-2H3. The number of ether oxygens (including phenoxy) is 1. The molecule has 1 unspecified atom stereocenters. The Morgan fingerprint density at radius 1 is 1.24 bits per heavy atom. The van der Waals surface area contributed by atoms with Crippen molar-refractivity contribution in [3.8, 4) is 5.75 Å². The first kappa shape index (κ1) is 16.0. The molecule has 0 aliphatic heterocycles. The summed E-state index contributed by atoms with van der Waals surface area (Å²) in [6, 6.07) is 13.3. The number of methoxy groups -OCH3 is 1. The van der Waals surface area contributed by atoms with Gasteiger partial charge in [0.25, 0.3) is 0 Å². The minimum atomic E-state index is -0.240. The van der Waals surface area contributed by atoms with Crippen LogP contribution in [-0.4, -0.2) is 7.11 Å². The second-order valence-corrected chi connectivity index (χ2v) is 5.69. The van der Waals surface area contributed by atoms with Crippen molar-refractivity contribution in [2.75, 3.05) is 7.11 Å². The molecule has 4 heteroatoms. The summed E-state index contributed by atoms with van der Waals surface area (Å²) in [6.07, 6.45) is 0.947. The van der Waals surface area contributed by atoms with Crippen LogP contribution in [0.5, 0.6) is 5.75 Å². The summed E-state index contributed by atoms with van der Waals surface area (Å²) in [6.45, 7) is 2.81. The number of para-hydroxylation sites is 1. The molecule has 0 bridgehead atoms. The molecule has 0 aliphatic carbocycles. The van der Waals surface area contributed by atoms with Gasteiger partial charge in [-0.25, -0.2) is 4.39 Å². The molecule has 1 N–H and O–H groups in total. The second kappa shape index (κ2) is 7.57. The van der Waals surface area contributed by atoms with Crippen molar-refractivity contribution in [3.05, 3.63) is 63.9 Å². The largest absolute Gasteiger partial charge is 0.496 e. The lowest BCUT2D eigenvalue weighted by atomic mass is 10.0. The zero-order valence-corrected chi connectivity index (χ0v) is 13.8. The molecule has 0 heterocycles. The summed E-state index contributed by atoms with van der Waals surface area (Å²) in [5.74, 6) is 0.646. The van der Waals surface area contributed by atoms with E-state index in [1.165, 1.54) is 6.07 Å². The Balaban J connectivity index is 2.10. The van der Waals surface area contributed by atoms with Gasteiger partial charge in [0.05, 0.1) is 11.6 Å². The minimum Gasteiger partial charge on any atom is -0.496 e. The predicted molar refractivity (Wildman–Crippen MR) is 87.0 cm³/mol. The number of rotatable bonds is 6. The fourth-order valence-corrected chi connectivity index (χ4v) is 2.75. The molecular formula is C17H19BrFNO. The molecule has 0 aromatic heterocycles. The van der Waals surface area contributed by atoms with Crippen LogP contribution < -0.4 is 10.1 Å². The van der Waals surface area contributed by atoms with Crippen LogP contribution in [0.4, 0.5) is 4.39 Å². The van der Waals surface area contributed by atoms with Crippen molar-refractivity contribution >= 4 is 15.9 Å². The molecule has 0 radical (unpaired) electrons. The van der Waals surface area contributed by atoms with E-state index >= 15 is 0 Å². The molecule has 0 spiro atoms. The Kier molecular flexibility index (Phi) is 5.76. The van der Waals surface area contributed by atoms with Crippen molar-refractivity contribution in [3.63, 3.8) is 0 Å². The summed E-state index contributed by atoms with van der Waals surface area (Å²) < 4.78 is 19.2. The van der Waals surface area contributed by atoms with E-state index < -0.39 is 0 Å². The highest BCUT2D eigenvalue weighted by molar-refractivity contribution is 9.10. The van der Waals surface area contributed by atoms with E-state index in [0.29, 0.717) is 11.0 Å². The lowest BCUT2D eigenvalue weighted by Crippen LogP contribution is -2.20. The second-order valence-electron chi connectivity index (χ2n) is 4.83. The number of hydrogen-bond acceptors (Lipinski definition) is 2. The monoisotopic (exact) mass is 351 g/mol. The van der Waals surface area contributed by atoms with Gasteiger partial charge in [0, 0.05) is 18.2 Å². The van der Waals surface area contributed by atoms with Gasteiger partial charge in [0.1, 0.15) is 11.6 Å². The van der Waals surface area contributed by atoms with E-state index in [0.717, 1.165) is 23.3 Å². The van der Waals surface area contributed by atoms with E-state index in [9.17, 15) is 4.39 Å². The quantitative estimate of drug-likeness (QED) is 0.803. The third-order valence-electron chi connectivity index (χ3n) is 3.46. The first-order valence-electron chi connectivity index (χ1n) is 6.96. The van der Waals surface area contributed by atoms with Gasteiger partial charge >= 0.3 is 0 Å². The molecule has 2 nitrogen and oxygen atoms in total. The van der Waals surface area contributed by atoms with Gasteiger partial charge in [-0.3, -0.25) is 0 Å². The summed E-state index contributed by atoms with van der Waals surface area (Å²) >= 11 is 3.22. The third kappa shape index (κ3) is 4.05. The summed E-state index contributed by atoms with van der Waals surface area (Å²) in [7, 11) is 1.68. The van der Waals surface area contributed by atoms with Gasteiger partial charge in [0.15, 0.2) is 0 Å². The number of nitrogens with one attached hydrogen (secondary N) is 1. The van der Waals surface area contributed by atoms with Crippen LogP contribution in [0.3, 0.4) is 0 Å². The fourth-order valence-electron chi connectivity index (χ4n) is 2.32. The van der Waals surface area contributed by atoms with Crippen LogP contribution >= 0.6 is 15.9 Å². The highest BCUT2D eigenvalue weighted by Gasteiger charge is 2.13. The maximum atomic E-state index is 13.2. The van der Waals surface area contributed by atoms with E-state index in [2.05, 4.69) is 34.2 Å². The van der Waals surface area contributed by atoms with Crippen LogP contribution in [0.15, 0.2) is 46.9 Å². The van der Waals surface area contributed by atoms with Gasteiger partial charge in [0.2, 0.25) is 0 Å². The molecule has 0 aliphatic rings. The van der Waals surface area contributed by atoms with Crippen molar-refractivity contribution < 1.29 is 9.13 Å². The summed E-state index contributed by atoms with van der Waals surface area (Å²) in [4.78, 5) is 0. The zero-order valence-electron chi connectivity index (χ0n) is 12.2. The fraction of sp³-hybridized carbons (Fsp3) is 0.294. The van der Waals surface area contributed by atoms with Crippen LogP contribution in [-0.2, 0) is 6.54 Å². The average Bonchev–Trinajstić information content (AvgIpc) is 2.51. The summed E-state index contributed by atoms with van der Waals surface area (Å²) in [5, 5.41) is 3.50. The smallest absolute Gasteiger partial charge is 0.137 e. The topological polar surface area (TPSA) is 21.3 Å². The van der Waals surface area contributed by atoms with Gasteiger partial charge in [-0.15, -0.1) is 0 Å². The van der Waals surface area contributed by atoms with E-state index in [4.69, 9.17) is 4.74 Å². The third-order valence-corrected chi connectivity index (χ3v) is 4.07. The highest BCUT2D eigenvalue weighted by atomic mass is 79.9. The molecule has 2 rings (SSSR count). The zero-order chi connectivity index (χ0) is 15.2. The van der Waals surface area contributed by atoms with Crippen LogP contribution in [0.2, 0.25) is 0 Å².